The van der Waals surface area contributed by atoms with E-state index in [-0.39, 0.29) is 11.9 Å². The van der Waals surface area contributed by atoms with Crippen LogP contribution in [0.25, 0.3) is 0 Å². The van der Waals surface area contributed by atoms with E-state index in [0.29, 0.717) is 19.5 Å². The monoisotopic (exact) mass is 312 g/mol. The second kappa shape index (κ2) is 9.08. The van der Waals surface area contributed by atoms with Gasteiger partial charge in [0, 0.05) is 19.1 Å². The zero-order valence-electron chi connectivity index (χ0n) is 13.4. The fourth-order valence-electron chi connectivity index (χ4n) is 2.39. The van der Waals surface area contributed by atoms with E-state index in [1.807, 2.05) is 67.6 Å². The minimum atomic E-state index is -0.538. The highest BCUT2D eigenvalue weighted by atomic mass is 16.3. The van der Waals surface area contributed by atoms with Crippen molar-refractivity contribution in [2.24, 2.45) is 0 Å². The summed E-state index contributed by atoms with van der Waals surface area (Å²) < 4.78 is 0. The van der Waals surface area contributed by atoms with Crippen molar-refractivity contribution in [1.29, 1.82) is 0 Å². The van der Waals surface area contributed by atoms with E-state index in [1.54, 1.807) is 0 Å². The van der Waals surface area contributed by atoms with E-state index in [4.69, 9.17) is 0 Å². The first-order valence-corrected chi connectivity index (χ1v) is 7.92. The Morgan fingerprint density at radius 1 is 1.00 bits per heavy atom. The summed E-state index contributed by atoms with van der Waals surface area (Å²) in [7, 11) is 0. The van der Waals surface area contributed by atoms with Gasteiger partial charge in [-0.3, -0.25) is 4.79 Å². The minimum absolute atomic E-state index is 0.00843. The molecule has 2 rings (SSSR count). The van der Waals surface area contributed by atoms with Gasteiger partial charge < -0.3 is 15.7 Å². The quantitative estimate of drug-likeness (QED) is 0.699. The minimum Gasteiger partial charge on any atom is -0.387 e. The molecule has 4 heteroatoms. The summed E-state index contributed by atoms with van der Waals surface area (Å²) in [6.07, 6.45) is -0.152. The van der Waals surface area contributed by atoms with Crippen LogP contribution in [0.2, 0.25) is 0 Å². The van der Waals surface area contributed by atoms with Crippen molar-refractivity contribution in [2.75, 3.05) is 13.1 Å². The van der Waals surface area contributed by atoms with Crippen molar-refractivity contribution < 1.29 is 9.90 Å². The summed E-state index contributed by atoms with van der Waals surface area (Å²) >= 11 is 0. The summed E-state index contributed by atoms with van der Waals surface area (Å²) in [5, 5.41) is 16.2. The first kappa shape index (κ1) is 17.2. The van der Waals surface area contributed by atoms with Crippen molar-refractivity contribution in [3.8, 4) is 0 Å². The molecule has 4 nitrogen and oxygen atoms in total. The van der Waals surface area contributed by atoms with Gasteiger partial charge in [0.1, 0.15) is 0 Å². The number of aliphatic hydroxyl groups is 1. The first-order valence-electron chi connectivity index (χ1n) is 7.92. The normalized spacial score (nSPS) is 13.3. The molecular formula is C19H24N2O2. The van der Waals surface area contributed by atoms with Crippen molar-refractivity contribution in [2.45, 2.75) is 25.5 Å². The van der Waals surface area contributed by atoms with Crippen LogP contribution < -0.4 is 10.6 Å². The van der Waals surface area contributed by atoms with Gasteiger partial charge in [-0.15, -0.1) is 0 Å². The summed E-state index contributed by atoms with van der Waals surface area (Å²) in [5.74, 6) is 0.00843. The Hall–Kier alpha value is -2.17. The van der Waals surface area contributed by atoms with Crippen LogP contribution in [0, 0.1) is 0 Å². The van der Waals surface area contributed by atoms with Crippen LogP contribution in [-0.4, -0.2) is 30.1 Å². The van der Waals surface area contributed by atoms with Gasteiger partial charge in [0.05, 0.1) is 12.5 Å². The Morgan fingerprint density at radius 3 is 2.26 bits per heavy atom. The highest BCUT2D eigenvalue weighted by Gasteiger charge is 2.10. The SMILES string of the molecule is C[C@@H](CNC[C@H](O)c1ccccc1)NC(=O)Cc1ccccc1. The van der Waals surface area contributed by atoms with Crippen LogP contribution >= 0.6 is 0 Å². The van der Waals surface area contributed by atoms with Gasteiger partial charge in [0.15, 0.2) is 0 Å². The Bertz CT molecular complexity index is 587. The van der Waals surface area contributed by atoms with Gasteiger partial charge in [-0.25, -0.2) is 0 Å². The molecule has 0 aliphatic rings. The summed E-state index contributed by atoms with van der Waals surface area (Å²) in [6, 6.07) is 19.2. The molecule has 0 unspecified atom stereocenters. The number of carbonyl (C=O) groups is 1. The molecule has 0 aromatic heterocycles. The molecule has 1 amide bonds. The van der Waals surface area contributed by atoms with Crippen LogP contribution in [0.4, 0.5) is 0 Å². The predicted octanol–water partition coefficient (Wildman–Crippen LogP) is 2.06. The van der Waals surface area contributed by atoms with E-state index in [1.165, 1.54) is 0 Å². The molecule has 0 saturated heterocycles. The van der Waals surface area contributed by atoms with E-state index in [2.05, 4.69) is 10.6 Å². The van der Waals surface area contributed by atoms with E-state index in [9.17, 15) is 9.90 Å². The number of benzene rings is 2. The maximum absolute atomic E-state index is 12.0. The van der Waals surface area contributed by atoms with Crippen LogP contribution in [0.3, 0.4) is 0 Å². The molecule has 0 fully saturated rings. The first-order chi connectivity index (χ1) is 11.1. The summed E-state index contributed by atoms with van der Waals surface area (Å²) in [5.41, 5.74) is 1.89. The van der Waals surface area contributed by atoms with Gasteiger partial charge in [-0.1, -0.05) is 60.7 Å². The lowest BCUT2D eigenvalue weighted by molar-refractivity contribution is -0.121. The Morgan fingerprint density at radius 2 is 1.61 bits per heavy atom. The van der Waals surface area contributed by atoms with Crippen molar-refractivity contribution in [1.82, 2.24) is 10.6 Å². The van der Waals surface area contributed by atoms with Gasteiger partial charge in [0.25, 0.3) is 0 Å². The highest BCUT2D eigenvalue weighted by Crippen LogP contribution is 2.10. The summed E-state index contributed by atoms with van der Waals surface area (Å²) in [4.78, 5) is 12.0. The maximum atomic E-state index is 12.0. The van der Waals surface area contributed by atoms with Crippen LogP contribution in [0.15, 0.2) is 60.7 Å². The van der Waals surface area contributed by atoms with Crippen LogP contribution in [-0.2, 0) is 11.2 Å². The van der Waals surface area contributed by atoms with E-state index >= 15 is 0 Å². The molecule has 122 valence electrons. The molecule has 0 bridgehead atoms. The van der Waals surface area contributed by atoms with E-state index in [0.717, 1.165) is 11.1 Å². The number of hydrogen-bond acceptors (Lipinski definition) is 3. The highest BCUT2D eigenvalue weighted by molar-refractivity contribution is 5.78. The Labute approximate surface area is 137 Å². The number of carbonyl (C=O) groups excluding carboxylic acids is 1. The molecule has 2 atom stereocenters. The zero-order chi connectivity index (χ0) is 16.5. The van der Waals surface area contributed by atoms with Gasteiger partial charge in [-0.05, 0) is 18.1 Å². The molecule has 3 N–H and O–H groups in total. The largest absolute Gasteiger partial charge is 0.387 e. The number of rotatable bonds is 8. The standard InChI is InChI=1S/C19H24N2O2/c1-15(21-19(23)12-16-8-4-2-5-9-16)13-20-14-18(22)17-10-6-3-7-11-17/h2-11,15,18,20,22H,12-14H2,1H3,(H,21,23)/t15-,18-/m0/s1. The molecule has 2 aromatic rings. The summed E-state index contributed by atoms with van der Waals surface area (Å²) in [6.45, 7) is 3.03. The van der Waals surface area contributed by atoms with Crippen LogP contribution in [0.1, 0.15) is 24.2 Å². The third kappa shape index (κ3) is 6.22. The topological polar surface area (TPSA) is 61.4 Å². The lowest BCUT2D eigenvalue weighted by Crippen LogP contribution is -2.41. The molecule has 0 spiro atoms. The molecule has 0 radical (unpaired) electrons. The lowest BCUT2D eigenvalue weighted by atomic mass is 10.1. The van der Waals surface area contributed by atoms with Crippen molar-refractivity contribution in [3.63, 3.8) is 0 Å². The van der Waals surface area contributed by atoms with Gasteiger partial charge in [0.2, 0.25) is 5.91 Å². The average molecular weight is 312 g/mol. The third-order valence-corrected chi connectivity index (χ3v) is 3.59. The Balaban J connectivity index is 1.67. The number of amides is 1. The number of hydrogen-bond donors (Lipinski definition) is 3. The van der Waals surface area contributed by atoms with Gasteiger partial charge >= 0.3 is 0 Å². The molecule has 0 saturated carbocycles. The maximum Gasteiger partial charge on any atom is 0.224 e. The number of aliphatic hydroxyl groups excluding tert-OH is 1. The average Bonchev–Trinajstić information content (AvgIpc) is 2.56. The molecule has 0 aliphatic carbocycles. The Kier molecular flexibility index (Phi) is 6.78. The van der Waals surface area contributed by atoms with Crippen LogP contribution in [0.5, 0.6) is 0 Å². The fourth-order valence-corrected chi connectivity index (χ4v) is 2.39. The lowest BCUT2D eigenvalue weighted by Gasteiger charge is -2.17. The molecule has 0 heterocycles. The third-order valence-electron chi connectivity index (χ3n) is 3.59. The number of nitrogens with one attached hydrogen (secondary N) is 2. The zero-order valence-corrected chi connectivity index (χ0v) is 13.4. The smallest absolute Gasteiger partial charge is 0.224 e. The molecule has 0 aliphatic heterocycles. The van der Waals surface area contributed by atoms with E-state index < -0.39 is 6.10 Å². The molecular weight excluding hydrogens is 288 g/mol. The predicted molar refractivity (Wildman–Crippen MR) is 92.0 cm³/mol. The van der Waals surface area contributed by atoms with Gasteiger partial charge in [-0.2, -0.15) is 0 Å². The second-order valence-electron chi connectivity index (χ2n) is 5.72. The molecule has 2 aromatic carbocycles. The van der Waals surface area contributed by atoms with Crippen molar-refractivity contribution in [3.05, 3.63) is 71.8 Å². The van der Waals surface area contributed by atoms with Crippen molar-refractivity contribution >= 4 is 5.91 Å². The molecule has 23 heavy (non-hydrogen) atoms. The second-order valence-corrected chi connectivity index (χ2v) is 5.72. The fraction of sp³-hybridized carbons (Fsp3) is 0.316.